The molecule has 2 aliphatic heterocycles. The van der Waals surface area contributed by atoms with E-state index in [9.17, 15) is 4.79 Å². The van der Waals surface area contributed by atoms with Crippen LogP contribution in [0.3, 0.4) is 0 Å². The molecule has 0 aromatic heterocycles. The summed E-state index contributed by atoms with van der Waals surface area (Å²) in [5.74, 6) is 0.665. The monoisotopic (exact) mass is 266 g/mol. The van der Waals surface area contributed by atoms with Gasteiger partial charge in [0.1, 0.15) is 0 Å². The van der Waals surface area contributed by atoms with Gasteiger partial charge in [-0.2, -0.15) is 0 Å². The second-order valence-corrected chi connectivity index (χ2v) is 5.44. The summed E-state index contributed by atoms with van der Waals surface area (Å²) >= 11 is 6.06. The maximum Gasteiger partial charge on any atom is 0.407 e. The third-order valence-corrected chi connectivity index (χ3v) is 4.19. The fraction of sp³-hybridized carbons (Fsp3) is 0.462. The summed E-state index contributed by atoms with van der Waals surface area (Å²) < 4.78 is 0. The first-order valence-electron chi connectivity index (χ1n) is 6.16. The highest BCUT2D eigenvalue weighted by Gasteiger charge is 2.38. The van der Waals surface area contributed by atoms with E-state index in [0.717, 1.165) is 24.2 Å². The van der Waals surface area contributed by atoms with E-state index in [4.69, 9.17) is 16.7 Å². The Morgan fingerprint density at radius 1 is 1.44 bits per heavy atom. The predicted molar refractivity (Wildman–Crippen MR) is 70.4 cm³/mol. The number of amides is 1. The first-order chi connectivity index (χ1) is 8.65. The molecule has 2 N–H and O–H groups in total. The molecule has 0 spiro atoms. The number of anilines is 1. The van der Waals surface area contributed by atoms with Crippen molar-refractivity contribution >= 4 is 23.4 Å². The molecule has 0 aliphatic carbocycles. The summed E-state index contributed by atoms with van der Waals surface area (Å²) in [6.07, 6.45) is 0.181. The van der Waals surface area contributed by atoms with E-state index in [0.29, 0.717) is 24.0 Å². The fourth-order valence-corrected chi connectivity index (χ4v) is 3.25. The summed E-state index contributed by atoms with van der Waals surface area (Å²) in [4.78, 5) is 12.6. The lowest BCUT2D eigenvalue weighted by Crippen LogP contribution is -2.27. The zero-order chi connectivity index (χ0) is 12.7. The van der Waals surface area contributed by atoms with E-state index in [1.165, 1.54) is 4.90 Å². The number of fused-ring (bicyclic) bond motifs is 3. The fourth-order valence-electron chi connectivity index (χ4n) is 3.07. The molecule has 1 fully saturated rings. The molecule has 1 aromatic carbocycles. The van der Waals surface area contributed by atoms with Crippen LogP contribution in [0.1, 0.15) is 17.9 Å². The van der Waals surface area contributed by atoms with Crippen LogP contribution in [0.5, 0.6) is 0 Å². The predicted octanol–water partition coefficient (Wildman–Crippen LogP) is 2.85. The Kier molecular flexibility index (Phi) is 2.82. The van der Waals surface area contributed by atoms with Crippen molar-refractivity contribution in [3.8, 4) is 0 Å². The Morgan fingerprint density at radius 3 is 3.06 bits per heavy atom. The average Bonchev–Trinajstić information content (AvgIpc) is 2.68. The van der Waals surface area contributed by atoms with Crippen LogP contribution in [0.2, 0.25) is 5.02 Å². The maximum atomic E-state index is 11.1. The van der Waals surface area contributed by atoms with Crippen molar-refractivity contribution in [3.63, 3.8) is 0 Å². The molecule has 1 saturated heterocycles. The van der Waals surface area contributed by atoms with Crippen LogP contribution < -0.4 is 5.32 Å². The first-order valence-corrected chi connectivity index (χ1v) is 6.54. The molecule has 0 saturated carbocycles. The van der Waals surface area contributed by atoms with Gasteiger partial charge in [-0.05, 0) is 36.1 Å². The van der Waals surface area contributed by atoms with Crippen LogP contribution in [-0.2, 0) is 0 Å². The Balaban J connectivity index is 1.97. The van der Waals surface area contributed by atoms with E-state index in [1.54, 1.807) is 0 Å². The number of carbonyl (C=O) groups is 1. The van der Waals surface area contributed by atoms with Gasteiger partial charge in [0, 0.05) is 36.3 Å². The molecule has 2 unspecified atom stereocenters. The molecule has 96 valence electrons. The highest BCUT2D eigenvalue weighted by molar-refractivity contribution is 6.30. The molecule has 1 amide bonds. The second-order valence-electron chi connectivity index (χ2n) is 5.00. The highest BCUT2D eigenvalue weighted by atomic mass is 35.5. The Hall–Kier alpha value is -1.42. The number of hydrogen-bond acceptors (Lipinski definition) is 2. The lowest BCUT2D eigenvalue weighted by molar-refractivity contribution is 0.153. The molecule has 2 atom stereocenters. The molecular formula is C13H15ClN2O2. The molecule has 1 aromatic rings. The van der Waals surface area contributed by atoms with Crippen molar-refractivity contribution in [1.29, 1.82) is 0 Å². The Labute approximate surface area is 111 Å². The normalized spacial score (nSPS) is 25.9. The van der Waals surface area contributed by atoms with Gasteiger partial charge in [0.05, 0.1) is 0 Å². The first kappa shape index (κ1) is 11.7. The molecule has 0 radical (unpaired) electrons. The third-order valence-electron chi connectivity index (χ3n) is 3.96. The van der Waals surface area contributed by atoms with Crippen molar-refractivity contribution in [2.75, 3.05) is 25.0 Å². The van der Waals surface area contributed by atoms with Gasteiger partial charge >= 0.3 is 6.09 Å². The van der Waals surface area contributed by atoms with Gasteiger partial charge in [-0.25, -0.2) is 4.79 Å². The summed E-state index contributed by atoms with van der Waals surface area (Å²) in [5.41, 5.74) is 2.26. The van der Waals surface area contributed by atoms with E-state index >= 15 is 0 Å². The molecule has 2 aliphatic rings. The van der Waals surface area contributed by atoms with Crippen molar-refractivity contribution in [2.45, 2.75) is 12.3 Å². The van der Waals surface area contributed by atoms with Crippen LogP contribution in [-0.4, -0.2) is 35.7 Å². The quantitative estimate of drug-likeness (QED) is 0.759. The SMILES string of the molecule is O=C(O)N1CC2CCNc3ccc(Cl)cc3C2C1. The number of halogens is 1. The summed E-state index contributed by atoms with van der Waals surface area (Å²) in [6.45, 7) is 2.10. The van der Waals surface area contributed by atoms with Gasteiger partial charge < -0.3 is 15.3 Å². The smallest absolute Gasteiger partial charge is 0.407 e. The Bertz CT molecular complexity index is 492. The third kappa shape index (κ3) is 1.90. The molecule has 4 nitrogen and oxygen atoms in total. The summed E-state index contributed by atoms with van der Waals surface area (Å²) in [6, 6.07) is 5.83. The van der Waals surface area contributed by atoms with Crippen LogP contribution in [0, 0.1) is 5.92 Å². The van der Waals surface area contributed by atoms with Crippen molar-refractivity contribution in [3.05, 3.63) is 28.8 Å². The van der Waals surface area contributed by atoms with E-state index in [2.05, 4.69) is 5.32 Å². The number of nitrogens with zero attached hydrogens (tertiary/aromatic N) is 1. The maximum absolute atomic E-state index is 11.1. The van der Waals surface area contributed by atoms with Gasteiger partial charge in [-0.1, -0.05) is 11.6 Å². The zero-order valence-corrected chi connectivity index (χ0v) is 10.7. The lowest BCUT2D eigenvalue weighted by atomic mass is 9.87. The van der Waals surface area contributed by atoms with Crippen molar-refractivity contribution in [1.82, 2.24) is 4.90 Å². The molecule has 5 heteroatoms. The molecular weight excluding hydrogens is 252 g/mol. The van der Waals surface area contributed by atoms with Crippen molar-refractivity contribution in [2.24, 2.45) is 5.92 Å². The van der Waals surface area contributed by atoms with Gasteiger partial charge in [0.25, 0.3) is 0 Å². The van der Waals surface area contributed by atoms with Gasteiger partial charge in [0.2, 0.25) is 0 Å². The average molecular weight is 267 g/mol. The molecule has 3 rings (SSSR count). The summed E-state index contributed by atoms with van der Waals surface area (Å²) in [7, 11) is 0. The number of hydrogen-bond donors (Lipinski definition) is 2. The minimum atomic E-state index is -0.820. The van der Waals surface area contributed by atoms with Crippen LogP contribution in [0.4, 0.5) is 10.5 Å². The van der Waals surface area contributed by atoms with Gasteiger partial charge in [-0.15, -0.1) is 0 Å². The number of likely N-dealkylation sites (tertiary alicyclic amines) is 1. The number of carboxylic acid groups (broad SMARTS) is 1. The van der Waals surface area contributed by atoms with E-state index in [-0.39, 0.29) is 5.92 Å². The summed E-state index contributed by atoms with van der Waals surface area (Å²) in [5, 5.41) is 13.2. The second kappa shape index (κ2) is 4.35. The highest BCUT2D eigenvalue weighted by Crippen LogP contribution is 2.41. The minimum Gasteiger partial charge on any atom is -0.465 e. The van der Waals surface area contributed by atoms with E-state index in [1.807, 2.05) is 18.2 Å². The number of rotatable bonds is 0. The zero-order valence-electron chi connectivity index (χ0n) is 9.90. The lowest BCUT2D eigenvalue weighted by Gasteiger charge is -2.16. The Morgan fingerprint density at radius 2 is 2.28 bits per heavy atom. The topological polar surface area (TPSA) is 52.6 Å². The largest absolute Gasteiger partial charge is 0.465 e. The number of nitrogens with one attached hydrogen (secondary N) is 1. The standard InChI is InChI=1S/C13H15ClN2O2/c14-9-1-2-12-10(5-9)11-7-16(13(17)18)6-8(11)3-4-15-12/h1-2,5,8,11,15H,3-4,6-7H2,(H,17,18). The van der Waals surface area contributed by atoms with Crippen LogP contribution in [0.25, 0.3) is 0 Å². The van der Waals surface area contributed by atoms with Crippen LogP contribution >= 0.6 is 11.6 Å². The minimum absolute atomic E-state index is 0.268. The number of benzene rings is 1. The van der Waals surface area contributed by atoms with Crippen LogP contribution in [0.15, 0.2) is 18.2 Å². The van der Waals surface area contributed by atoms with Crippen molar-refractivity contribution < 1.29 is 9.90 Å². The molecule has 18 heavy (non-hydrogen) atoms. The van der Waals surface area contributed by atoms with Gasteiger partial charge in [0.15, 0.2) is 0 Å². The molecule has 2 heterocycles. The van der Waals surface area contributed by atoms with Gasteiger partial charge in [-0.3, -0.25) is 0 Å². The molecule has 0 bridgehead atoms. The van der Waals surface area contributed by atoms with E-state index < -0.39 is 6.09 Å².